The van der Waals surface area contributed by atoms with Crippen LogP contribution in [0.25, 0.3) is 0 Å². The van der Waals surface area contributed by atoms with Gasteiger partial charge in [-0.2, -0.15) is 0 Å². The zero-order chi connectivity index (χ0) is 10.2. The highest BCUT2D eigenvalue weighted by molar-refractivity contribution is 9.09. The SMILES string of the molecule is CN1C(=O)N(CCBr)C(=O)C1(C)C. The molecule has 0 saturated carbocycles. The minimum atomic E-state index is -0.695. The minimum Gasteiger partial charge on any atom is -0.313 e. The first kappa shape index (κ1) is 10.5. The second-order valence-corrected chi connectivity index (χ2v) is 4.34. The van der Waals surface area contributed by atoms with Crippen molar-refractivity contribution in [2.45, 2.75) is 19.4 Å². The van der Waals surface area contributed by atoms with Crippen molar-refractivity contribution in [2.75, 3.05) is 18.9 Å². The number of rotatable bonds is 2. The van der Waals surface area contributed by atoms with E-state index >= 15 is 0 Å². The first-order valence-electron chi connectivity index (χ1n) is 4.08. The third kappa shape index (κ3) is 1.45. The molecule has 0 radical (unpaired) electrons. The van der Waals surface area contributed by atoms with Crippen molar-refractivity contribution in [3.05, 3.63) is 0 Å². The van der Waals surface area contributed by atoms with Crippen molar-refractivity contribution >= 4 is 27.9 Å². The largest absolute Gasteiger partial charge is 0.327 e. The second-order valence-electron chi connectivity index (χ2n) is 3.55. The molecule has 1 fully saturated rings. The van der Waals surface area contributed by atoms with Gasteiger partial charge in [0.25, 0.3) is 5.91 Å². The molecule has 13 heavy (non-hydrogen) atoms. The lowest BCUT2D eigenvalue weighted by Gasteiger charge is -2.22. The van der Waals surface area contributed by atoms with Crippen LogP contribution in [0, 0.1) is 0 Å². The fourth-order valence-electron chi connectivity index (χ4n) is 1.26. The molecule has 0 bridgehead atoms. The molecule has 1 saturated heterocycles. The first-order valence-corrected chi connectivity index (χ1v) is 5.20. The van der Waals surface area contributed by atoms with Gasteiger partial charge in [-0.3, -0.25) is 9.69 Å². The number of hydrogen-bond acceptors (Lipinski definition) is 2. The maximum absolute atomic E-state index is 11.7. The molecule has 4 nitrogen and oxygen atoms in total. The Morgan fingerprint density at radius 2 is 1.92 bits per heavy atom. The summed E-state index contributed by atoms with van der Waals surface area (Å²) in [5.74, 6) is -0.126. The van der Waals surface area contributed by atoms with E-state index in [0.29, 0.717) is 11.9 Å². The van der Waals surface area contributed by atoms with Crippen LogP contribution in [0.3, 0.4) is 0 Å². The molecular weight excluding hydrogens is 236 g/mol. The second kappa shape index (κ2) is 3.29. The van der Waals surface area contributed by atoms with Crippen LogP contribution in [0.4, 0.5) is 4.79 Å². The molecule has 5 heteroatoms. The summed E-state index contributed by atoms with van der Waals surface area (Å²) >= 11 is 3.21. The first-order chi connectivity index (χ1) is 5.92. The van der Waals surface area contributed by atoms with Crippen LogP contribution >= 0.6 is 15.9 Å². The highest BCUT2D eigenvalue weighted by atomic mass is 79.9. The molecule has 1 aliphatic heterocycles. The van der Waals surface area contributed by atoms with E-state index in [9.17, 15) is 9.59 Å². The van der Waals surface area contributed by atoms with E-state index in [4.69, 9.17) is 0 Å². The Labute approximate surface area is 86.0 Å². The van der Waals surface area contributed by atoms with Crippen LogP contribution in [0.5, 0.6) is 0 Å². The number of alkyl halides is 1. The summed E-state index contributed by atoms with van der Waals surface area (Å²) in [6.45, 7) is 3.94. The quantitative estimate of drug-likeness (QED) is 0.542. The molecule has 1 aliphatic rings. The van der Waals surface area contributed by atoms with Crippen LogP contribution in [0.1, 0.15) is 13.8 Å². The zero-order valence-corrected chi connectivity index (χ0v) is 9.59. The van der Waals surface area contributed by atoms with E-state index in [-0.39, 0.29) is 11.9 Å². The van der Waals surface area contributed by atoms with E-state index in [1.807, 2.05) is 0 Å². The van der Waals surface area contributed by atoms with Gasteiger partial charge < -0.3 is 4.90 Å². The van der Waals surface area contributed by atoms with Gasteiger partial charge in [0.1, 0.15) is 5.54 Å². The standard InChI is InChI=1S/C8H13BrN2O2/c1-8(2)6(12)11(5-4-9)7(13)10(8)3/h4-5H2,1-3H3. The fraction of sp³-hybridized carbons (Fsp3) is 0.750. The number of carbonyl (C=O) groups excluding carboxylic acids is 2. The summed E-state index contributed by atoms with van der Waals surface area (Å²) in [5.41, 5.74) is -0.695. The average Bonchev–Trinajstić information content (AvgIpc) is 2.21. The number of carbonyl (C=O) groups is 2. The normalized spacial score (nSPS) is 21.5. The van der Waals surface area contributed by atoms with Crippen molar-refractivity contribution in [3.8, 4) is 0 Å². The van der Waals surface area contributed by atoms with Gasteiger partial charge in [-0.05, 0) is 13.8 Å². The van der Waals surface area contributed by atoms with Crippen LogP contribution < -0.4 is 0 Å². The molecule has 0 unspecified atom stereocenters. The average molecular weight is 249 g/mol. The number of imide groups is 1. The van der Waals surface area contributed by atoms with E-state index in [2.05, 4.69) is 15.9 Å². The number of hydrogen-bond donors (Lipinski definition) is 0. The monoisotopic (exact) mass is 248 g/mol. The highest BCUT2D eigenvalue weighted by Gasteiger charge is 2.48. The molecule has 1 rings (SSSR count). The van der Waals surface area contributed by atoms with E-state index in [1.54, 1.807) is 20.9 Å². The van der Waals surface area contributed by atoms with Crippen molar-refractivity contribution in [1.82, 2.24) is 9.80 Å². The number of nitrogens with zero attached hydrogens (tertiary/aromatic N) is 2. The number of likely N-dealkylation sites (N-methyl/N-ethyl adjacent to an activating group) is 1. The molecule has 0 aromatic carbocycles. The van der Waals surface area contributed by atoms with Gasteiger partial charge in [-0.25, -0.2) is 4.79 Å². The lowest BCUT2D eigenvalue weighted by atomic mass is 10.1. The predicted molar refractivity (Wildman–Crippen MR) is 52.7 cm³/mol. The Morgan fingerprint density at radius 1 is 1.38 bits per heavy atom. The van der Waals surface area contributed by atoms with Crippen LogP contribution in [-0.4, -0.2) is 46.2 Å². The van der Waals surface area contributed by atoms with Crippen LogP contribution in [0.15, 0.2) is 0 Å². The summed E-state index contributed by atoms with van der Waals surface area (Å²) in [6, 6.07) is -0.213. The molecule has 0 aliphatic carbocycles. The molecule has 0 N–H and O–H groups in total. The van der Waals surface area contributed by atoms with Crippen molar-refractivity contribution in [2.24, 2.45) is 0 Å². The van der Waals surface area contributed by atoms with Gasteiger partial charge in [-0.1, -0.05) is 15.9 Å². The van der Waals surface area contributed by atoms with Gasteiger partial charge >= 0.3 is 6.03 Å². The summed E-state index contributed by atoms with van der Waals surface area (Å²) in [6.07, 6.45) is 0. The number of halogens is 1. The molecule has 3 amide bonds. The Hall–Kier alpha value is -0.580. The smallest absolute Gasteiger partial charge is 0.313 e. The summed E-state index contributed by atoms with van der Waals surface area (Å²) in [7, 11) is 1.65. The zero-order valence-electron chi connectivity index (χ0n) is 8.00. The van der Waals surface area contributed by atoms with E-state index in [1.165, 1.54) is 9.80 Å². The summed E-state index contributed by atoms with van der Waals surface area (Å²) in [4.78, 5) is 26.0. The summed E-state index contributed by atoms with van der Waals surface area (Å²) in [5, 5.41) is 0.619. The minimum absolute atomic E-state index is 0.126. The lowest BCUT2D eigenvalue weighted by Crippen LogP contribution is -2.41. The molecule has 1 heterocycles. The van der Waals surface area contributed by atoms with Gasteiger partial charge in [0.15, 0.2) is 0 Å². The van der Waals surface area contributed by atoms with E-state index in [0.717, 1.165) is 0 Å². The van der Waals surface area contributed by atoms with Gasteiger partial charge in [0.2, 0.25) is 0 Å². The predicted octanol–water partition coefficient (Wildman–Crippen LogP) is 1.05. The van der Waals surface area contributed by atoms with Gasteiger partial charge in [0, 0.05) is 18.9 Å². The molecule has 0 spiro atoms. The summed E-state index contributed by atoms with van der Waals surface area (Å²) < 4.78 is 0. The molecule has 74 valence electrons. The van der Waals surface area contributed by atoms with Crippen molar-refractivity contribution in [1.29, 1.82) is 0 Å². The third-order valence-electron chi connectivity index (χ3n) is 2.43. The molecule has 0 atom stereocenters. The Kier molecular flexibility index (Phi) is 2.66. The van der Waals surface area contributed by atoms with Gasteiger partial charge in [-0.15, -0.1) is 0 Å². The molecule has 0 aromatic rings. The number of amides is 3. The Morgan fingerprint density at radius 3 is 2.23 bits per heavy atom. The van der Waals surface area contributed by atoms with Gasteiger partial charge in [0.05, 0.1) is 0 Å². The van der Waals surface area contributed by atoms with Crippen molar-refractivity contribution in [3.63, 3.8) is 0 Å². The third-order valence-corrected chi connectivity index (χ3v) is 2.79. The van der Waals surface area contributed by atoms with Crippen LogP contribution in [0.2, 0.25) is 0 Å². The highest BCUT2D eigenvalue weighted by Crippen LogP contribution is 2.25. The maximum Gasteiger partial charge on any atom is 0.327 e. The fourth-order valence-corrected chi connectivity index (χ4v) is 1.62. The topological polar surface area (TPSA) is 40.6 Å². The molecule has 0 aromatic heterocycles. The Balaban J connectivity index is 2.92. The van der Waals surface area contributed by atoms with E-state index < -0.39 is 5.54 Å². The number of urea groups is 1. The maximum atomic E-state index is 11.7. The van der Waals surface area contributed by atoms with Crippen LogP contribution in [-0.2, 0) is 4.79 Å². The van der Waals surface area contributed by atoms with Crippen molar-refractivity contribution < 1.29 is 9.59 Å². The molecular formula is C8H13BrN2O2. The Bertz CT molecular complexity index is 253. The lowest BCUT2D eigenvalue weighted by molar-refractivity contribution is -0.131.